The first kappa shape index (κ1) is 13.1. The average molecular weight is 272 g/mol. The van der Waals surface area contributed by atoms with E-state index in [2.05, 4.69) is 19.2 Å². The van der Waals surface area contributed by atoms with Gasteiger partial charge >= 0.3 is 0 Å². The first-order valence-electron chi connectivity index (χ1n) is 6.12. The molecule has 4 heteroatoms. The Kier molecular flexibility index (Phi) is 4.23. The second kappa shape index (κ2) is 5.51. The third-order valence-electron chi connectivity index (χ3n) is 3.17. The molecular formula is C13H18ClNOS. The first-order chi connectivity index (χ1) is 8.19. The van der Waals surface area contributed by atoms with Crippen molar-refractivity contribution in [1.82, 2.24) is 5.32 Å². The fraction of sp³-hybridized carbons (Fsp3) is 0.538. The SMILES string of the molecule is CCCC1C(NCC)c2cc(Cl)ccc2S1=O. The molecule has 0 saturated carbocycles. The van der Waals surface area contributed by atoms with Crippen LogP contribution in [0.3, 0.4) is 0 Å². The van der Waals surface area contributed by atoms with Gasteiger partial charge in [0.2, 0.25) is 0 Å². The summed E-state index contributed by atoms with van der Waals surface area (Å²) in [6, 6.07) is 5.88. The molecule has 1 aliphatic heterocycles. The Morgan fingerprint density at radius 3 is 2.82 bits per heavy atom. The topological polar surface area (TPSA) is 29.1 Å². The zero-order valence-corrected chi connectivity index (χ0v) is 11.8. The van der Waals surface area contributed by atoms with Crippen LogP contribution < -0.4 is 5.32 Å². The van der Waals surface area contributed by atoms with Gasteiger partial charge in [0.05, 0.1) is 16.0 Å². The highest BCUT2D eigenvalue weighted by atomic mass is 35.5. The molecule has 1 aromatic carbocycles. The number of fused-ring (bicyclic) bond motifs is 1. The van der Waals surface area contributed by atoms with E-state index in [-0.39, 0.29) is 11.3 Å². The minimum Gasteiger partial charge on any atom is -0.309 e. The normalized spacial score (nSPS) is 27.1. The van der Waals surface area contributed by atoms with Gasteiger partial charge in [0.25, 0.3) is 0 Å². The van der Waals surface area contributed by atoms with E-state index in [0.717, 1.165) is 34.9 Å². The van der Waals surface area contributed by atoms with Crippen LogP contribution in [-0.2, 0) is 10.8 Å². The zero-order valence-electron chi connectivity index (χ0n) is 10.2. The van der Waals surface area contributed by atoms with Crippen molar-refractivity contribution in [3.8, 4) is 0 Å². The van der Waals surface area contributed by atoms with Gasteiger partial charge < -0.3 is 5.32 Å². The molecule has 1 aliphatic rings. The van der Waals surface area contributed by atoms with Gasteiger partial charge in [-0.05, 0) is 36.7 Å². The van der Waals surface area contributed by atoms with Gasteiger partial charge in [-0.25, -0.2) is 0 Å². The molecule has 0 radical (unpaired) electrons. The Balaban J connectivity index is 2.40. The van der Waals surface area contributed by atoms with Crippen LogP contribution in [0.2, 0.25) is 5.02 Å². The quantitative estimate of drug-likeness (QED) is 0.911. The number of rotatable bonds is 4. The number of hydrogen-bond donors (Lipinski definition) is 1. The van der Waals surface area contributed by atoms with Gasteiger partial charge in [0.1, 0.15) is 0 Å². The predicted molar refractivity (Wildman–Crippen MR) is 73.0 cm³/mol. The molecule has 0 amide bonds. The molecule has 94 valence electrons. The van der Waals surface area contributed by atoms with Gasteiger partial charge in [-0.1, -0.05) is 31.9 Å². The minimum absolute atomic E-state index is 0.188. The lowest BCUT2D eigenvalue weighted by Gasteiger charge is -2.19. The molecule has 0 bridgehead atoms. The summed E-state index contributed by atoms with van der Waals surface area (Å²) < 4.78 is 12.4. The highest BCUT2D eigenvalue weighted by Crippen LogP contribution is 2.39. The van der Waals surface area contributed by atoms with Gasteiger partial charge in [0.15, 0.2) is 0 Å². The van der Waals surface area contributed by atoms with Gasteiger partial charge in [-0.15, -0.1) is 0 Å². The molecule has 1 aromatic rings. The van der Waals surface area contributed by atoms with Crippen molar-refractivity contribution in [1.29, 1.82) is 0 Å². The molecule has 3 unspecified atom stereocenters. The summed E-state index contributed by atoms with van der Waals surface area (Å²) in [5.41, 5.74) is 1.12. The summed E-state index contributed by atoms with van der Waals surface area (Å²) in [5.74, 6) is 0. The van der Waals surface area contributed by atoms with E-state index in [4.69, 9.17) is 11.6 Å². The average Bonchev–Trinajstić information content (AvgIpc) is 2.55. The molecule has 2 rings (SSSR count). The Morgan fingerprint density at radius 2 is 2.18 bits per heavy atom. The highest BCUT2D eigenvalue weighted by Gasteiger charge is 2.37. The zero-order chi connectivity index (χ0) is 12.4. The van der Waals surface area contributed by atoms with Crippen LogP contribution in [0.25, 0.3) is 0 Å². The Bertz CT molecular complexity index is 435. The van der Waals surface area contributed by atoms with Crippen LogP contribution in [0, 0.1) is 0 Å². The Hall–Kier alpha value is -0.380. The highest BCUT2D eigenvalue weighted by molar-refractivity contribution is 7.86. The lowest BCUT2D eigenvalue weighted by atomic mass is 10.0. The maximum Gasteiger partial charge on any atom is 0.0590 e. The van der Waals surface area contributed by atoms with Crippen molar-refractivity contribution in [2.24, 2.45) is 0 Å². The second-order valence-electron chi connectivity index (χ2n) is 4.34. The largest absolute Gasteiger partial charge is 0.309 e. The number of nitrogens with one attached hydrogen (secondary N) is 1. The van der Waals surface area contributed by atoms with Crippen LogP contribution in [0.15, 0.2) is 23.1 Å². The van der Waals surface area contributed by atoms with Crippen molar-refractivity contribution in [3.05, 3.63) is 28.8 Å². The molecule has 1 heterocycles. The van der Waals surface area contributed by atoms with Crippen molar-refractivity contribution in [2.45, 2.75) is 42.9 Å². The van der Waals surface area contributed by atoms with Crippen molar-refractivity contribution in [3.63, 3.8) is 0 Å². The Labute approximate surface area is 110 Å². The van der Waals surface area contributed by atoms with Gasteiger partial charge in [-0.2, -0.15) is 0 Å². The van der Waals surface area contributed by atoms with Gasteiger partial charge in [0, 0.05) is 16.0 Å². The third kappa shape index (κ3) is 2.42. The van der Waals surface area contributed by atoms with E-state index >= 15 is 0 Å². The van der Waals surface area contributed by atoms with E-state index in [9.17, 15) is 4.21 Å². The van der Waals surface area contributed by atoms with Crippen LogP contribution in [0.4, 0.5) is 0 Å². The molecule has 3 atom stereocenters. The first-order valence-corrected chi connectivity index (χ1v) is 7.71. The van der Waals surface area contributed by atoms with Crippen LogP contribution in [-0.4, -0.2) is 16.0 Å². The van der Waals surface area contributed by atoms with E-state index in [1.54, 1.807) is 0 Å². The number of hydrogen-bond acceptors (Lipinski definition) is 2. The van der Waals surface area contributed by atoms with Crippen LogP contribution >= 0.6 is 11.6 Å². The lowest BCUT2D eigenvalue weighted by molar-refractivity contribution is 0.507. The lowest BCUT2D eigenvalue weighted by Crippen LogP contribution is -2.29. The van der Waals surface area contributed by atoms with Crippen molar-refractivity contribution in [2.75, 3.05) is 6.54 Å². The number of halogens is 1. The van der Waals surface area contributed by atoms with Crippen molar-refractivity contribution >= 4 is 22.4 Å². The van der Waals surface area contributed by atoms with E-state index < -0.39 is 10.8 Å². The maximum atomic E-state index is 12.4. The molecule has 0 fully saturated rings. The smallest absolute Gasteiger partial charge is 0.0590 e. The fourth-order valence-corrected chi connectivity index (χ4v) is 4.52. The molecule has 2 nitrogen and oxygen atoms in total. The third-order valence-corrected chi connectivity index (χ3v) is 5.27. The van der Waals surface area contributed by atoms with E-state index in [1.165, 1.54) is 0 Å². The van der Waals surface area contributed by atoms with E-state index in [1.807, 2.05) is 18.2 Å². The second-order valence-corrected chi connectivity index (χ2v) is 6.42. The van der Waals surface area contributed by atoms with Crippen LogP contribution in [0.1, 0.15) is 38.3 Å². The maximum absolute atomic E-state index is 12.4. The fourth-order valence-electron chi connectivity index (χ4n) is 2.45. The summed E-state index contributed by atoms with van der Waals surface area (Å²) in [7, 11) is -0.896. The standard InChI is InChI=1S/C13H18ClNOS/c1-3-5-12-13(15-4-2)10-8-9(14)6-7-11(10)17(12)16/h6-8,12-13,15H,3-5H2,1-2H3. The molecular weight excluding hydrogens is 254 g/mol. The summed E-state index contributed by atoms with van der Waals surface area (Å²) in [5, 5.41) is 4.35. The van der Waals surface area contributed by atoms with Crippen LogP contribution in [0.5, 0.6) is 0 Å². The van der Waals surface area contributed by atoms with E-state index in [0.29, 0.717) is 0 Å². The summed E-state index contributed by atoms with van der Waals surface area (Å²) >= 11 is 6.03. The minimum atomic E-state index is -0.896. The molecule has 0 spiro atoms. The summed E-state index contributed by atoms with van der Waals surface area (Å²) in [6.07, 6.45) is 2.04. The molecule has 17 heavy (non-hydrogen) atoms. The van der Waals surface area contributed by atoms with Gasteiger partial charge in [-0.3, -0.25) is 4.21 Å². The molecule has 0 saturated heterocycles. The molecule has 0 aromatic heterocycles. The predicted octanol–water partition coefficient (Wildman–Crippen LogP) is 3.28. The number of benzene rings is 1. The molecule has 1 N–H and O–H groups in total. The Morgan fingerprint density at radius 1 is 1.41 bits per heavy atom. The molecule has 0 aliphatic carbocycles. The monoisotopic (exact) mass is 271 g/mol. The summed E-state index contributed by atoms with van der Waals surface area (Å²) in [6.45, 7) is 5.10. The van der Waals surface area contributed by atoms with Crippen molar-refractivity contribution < 1.29 is 4.21 Å². The summed E-state index contributed by atoms with van der Waals surface area (Å²) in [4.78, 5) is 0.957.